The van der Waals surface area contributed by atoms with Crippen molar-refractivity contribution in [1.82, 2.24) is 14.9 Å². The summed E-state index contributed by atoms with van der Waals surface area (Å²) in [6, 6.07) is 9.70. The first kappa shape index (κ1) is 19.9. The van der Waals surface area contributed by atoms with Crippen LogP contribution >= 0.6 is 11.8 Å². The molecule has 28 heavy (non-hydrogen) atoms. The average Bonchev–Trinajstić information content (AvgIpc) is 3.23. The van der Waals surface area contributed by atoms with Crippen molar-refractivity contribution in [2.24, 2.45) is 0 Å². The van der Waals surface area contributed by atoms with Crippen molar-refractivity contribution in [3.63, 3.8) is 0 Å². The number of nitrogens with zero attached hydrogens (tertiary/aromatic N) is 3. The van der Waals surface area contributed by atoms with Crippen LogP contribution in [-0.4, -0.2) is 47.2 Å². The molecule has 1 aromatic carbocycles. The highest BCUT2D eigenvalue weighted by Crippen LogP contribution is 2.26. The molecule has 0 saturated heterocycles. The normalized spacial score (nSPS) is 10.7. The van der Waals surface area contributed by atoms with Crippen LogP contribution in [0.15, 0.2) is 52.1 Å². The molecule has 2 heterocycles. The Morgan fingerprint density at radius 1 is 1.25 bits per heavy atom. The zero-order chi connectivity index (χ0) is 20.1. The number of hydrogen-bond acceptors (Lipinski definition) is 6. The van der Waals surface area contributed by atoms with Crippen LogP contribution in [0.5, 0.6) is 5.75 Å². The highest BCUT2D eigenvalue weighted by atomic mass is 32.2. The van der Waals surface area contributed by atoms with E-state index in [1.54, 1.807) is 50.6 Å². The molecule has 3 aromatic rings. The maximum atomic E-state index is 13.6. The number of furan rings is 1. The van der Waals surface area contributed by atoms with Gasteiger partial charge in [0.15, 0.2) is 23.2 Å². The number of carbonyl (C=O) groups excluding carboxylic acids is 1. The molecule has 3 rings (SSSR count). The third kappa shape index (κ3) is 4.33. The number of hydrogen-bond donors (Lipinski definition) is 0. The number of thioether (sulfide) groups is 1. The lowest BCUT2D eigenvalue weighted by molar-refractivity contribution is 0.0767. The van der Waals surface area contributed by atoms with Crippen molar-refractivity contribution in [1.29, 1.82) is 0 Å². The molecule has 0 fully saturated rings. The molecule has 0 radical (unpaired) electrons. The van der Waals surface area contributed by atoms with E-state index in [0.717, 1.165) is 0 Å². The molecule has 8 heteroatoms. The molecule has 1 amide bonds. The van der Waals surface area contributed by atoms with Gasteiger partial charge in [0.1, 0.15) is 11.6 Å². The fourth-order valence-corrected chi connectivity index (χ4v) is 3.22. The van der Waals surface area contributed by atoms with E-state index < -0.39 is 5.82 Å². The first-order valence-corrected chi connectivity index (χ1v) is 9.83. The lowest BCUT2D eigenvalue weighted by Crippen LogP contribution is -2.32. The summed E-state index contributed by atoms with van der Waals surface area (Å²) < 4.78 is 24.4. The van der Waals surface area contributed by atoms with Gasteiger partial charge in [-0.05, 0) is 37.4 Å². The highest BCUT2D eigenvalue weighted by Gasteiger charge is 2.22. The molecule has 0 spiro atoms. The van der Waals surface area contributed by atoms with Crippen LogP contribution in [0.3, 0.4) is 0 Å². The summed E-state index contributed by atoms with van der Waals surface area (Å²) in [5, 5.41) is 0.575. The van der Waals surface area contributed by atoms with Crippen molar-refractivity contribution < 1.29 is 18.3 Å². The molecule has 0 aliphatic heterocycles. The number of ether oxygens (including phenoxy) is 1. The number of likely N-dealkylation sites (N-methyl/N-ethyl adjacent to an activating group) is 1. The largest absolute Gasteiger partial charge is 0.489 e. The molecule has 0 atom stereocenters. The van der Waals surface area contributed by atoms with Crippen LogP contribution in [0, 0.1) is 12.7 Å². The zero-order valence-electron chi connectivity index (χ0n) is 15.8. The highest BCUT2D eigenvalue weighted by molar-refractivity contribution is 7.98. The minimum absolute atomic E-state index is 0.162. The average molecular weight is 401 g/mol. The summed E-state index contributed by atoms with van der Waals surface area (Å²) in [7, 11) is 1.66. The smallest absolute Gasteiger partial charge is 0.258 e. The predicted octanol–water partition coefficient (Wildman–Crippen LogP) is 4.06. The molecule has 0 saturated carbocycles. The van der Waals surface area contributed by atoms with Gasteiger partial charge in [0.05, 0.1) is 24.1 Å². The summed E-state index contributed by atoms with van der Waals surface area (Å²) in [5.41, 5.74) is 1.01. The van der Waals surface area contributed by atoms with Gasteiger partial charge in [-0.15, -0.1) is 11.8 Å². The molecule has 6 nitrogen and oxygen atoms in total. The van der Waals surface area contributed by atoms with E-state index in [-0.39, 0.29) is 18.3 Å². The van der Waals surface area contributed by atoms with Gasteiger partial charge in [0.2, 0.25) is 0 Å². The fourth-order valence-electron chi connectivity index (χ4n) is 2.60. The Kier molecular flexibility index (Phi) is 6.30. The third-order valence-corrected chi connectivity index (χ3v) is 4.76. The molecule has 0 unspecified atom stereocenters. The number of amides is 1. The maximum Gasteiger partial charge on any atom is 0.258 e. The van der Waals surface area contributed by atoms with Crippen LogP contribution in [0.2, 0.25) is 0 Å². The predicted molar refractivity (Wildman–Crippen MR) is 105 cm³/mol. The van der Waals surface area contributed by atoms with Gasteiger partial charge in [0, 0.05) is 7.05 Å². The van der Waals surface area contributed by atoms with E-state index in [4.69, 9.17) is 9.15 Å². The van der Waals surface area contributed by atoms with E-state index in [1.807, 2.05) is 6.26 Å². The Hall–Kier alpha value is -2.87. The Bertz CT molecular complexity index is 963. The van der Waals surface area contributed by atoms with Crippen molar-refractivity contribution in [3.8, 4) is 17.3 Å². The topological polar surface area (TPSA) is 68.5 Å². The number of aromatic nitrogens is 2. The van der Waals surface area contributed by atoms with Crippen LogP contribution in [0.25, 0.3) is 11.6 Å². The minimum atomic E-state index is -0.432. The SMILES string of the molecule is CSc1nc(-c2ccco2)nc(C)c1C(=O)N(C)CCOc1ccccc1F. The van der Waals surface area contributed by atoms with E-state index in [0.29, 0.717) is 34.4 Å². The first-order valence-electron chi connectivity index (χ1n) is 8.60. The number of para-hydroxylation sites is 1. The number of rotatable bonds is 7. The second-order valence-electron chi connectivity index (χ2n) is 6.00. The van der Waals surface area contributed by atoms with E-state index in [9.17, 15) is 9.18 Å². The number of halogens is 1. The molecule has 0 N–H and O–H groups in total. The molecular formula is C20H20FN3O3S. The molecule has 0 bridgehead atoms. The zero-order valence-corrected chi connectivity index (χ0v) is 16.6. The third-order valence-electron chi connectivity index (χ3n) is 4.07. The fraction of sp³-hybridized carbons (Fsp3) is 0.250. The maximum absolute atomic E-state index is 13.6. The summed E-state index contributed by atoms with van der Waals surface area (Å²) >= 11 is 1.37. The minimum Gasteiger partial charge on any atom is -0.489 e. The molecule has 0 aliphatic rings. The van der Waals surface area contributed by atoms with Gasteiger partial charge in [-0.1, -0.05) is 12.1 Å². The second kappa shape index (κ2) is 8.88. The van der Waals surface area contributed by atoms with E-state index in [1.165, 1.54) is 22.7 Å². The summed E-state index contributed by atoms with van der Waals surface area (Å²) in [4.78, 5) is 23.3. The Morgan fingerprint density at radius 2 is 2.04 bits per heavy atom. The van der Waals surface area contributed by atoms with Gasteiger partial charge < -0.3 is 14.1 Å². The lowest BCUT2D eigenvalue weighted by Gasteiger charge is -2.20. The van der Waals surface area contributed by atoms with Crippen molar-refractivity contribution in [3.05, 3.63) is 59.7 Å². The molecule has 2 aromatic heterocycles. The van der Waals surface area contributed by atoms with Gasteiger partial charge in [-0.3, -0.25) is 4.79 Å². The van der Waals surface area contributed by atoms with Crippen molar-refractivity contribution in [2.45, 2.75) is 11.9 Å². The van der Waals surface area contributed by atoms with Crippen molar-refractivity contribution in [2.75, 3.05) is 26.5 Å². The van der Waals surface area contributed by atoms with Crippen LogP contribution in [-0.2, 0) is 0 Å². The van der Waals surface area contributed by atoms with Crippen LogP contribution < -0.4 is 4.74 Å². The van der Waals surface area contributed by atoms with Crippen LogP contribution in [0.4, 0.5) is 4.39 Å². The Morgan fingerprint density at radius 3 is 2.71 bits per heavy atom. The van der Waals surface area contributed by atoms with Crippen LogP contribution in [0.1, 0.15) is 16.1 Å². The van der Waals surface area contributed by atoms with Gasteiger partial charge in [-0.2, -0.15) is 0 Å². The Balaban J connectivity index is 1.73. The van der Waals surface area contributed by atoms with Gasteiger partial charge >= 0.3 is 0 Å². The molecular weight excluding hydrogens is 381 g/mol. The van der Waals surface area contributed by atoms with E-state index in [2.05, 4.69) is 9.97 Å². The standard InChI is InChI=1S/C20H20FN3O3S/c1-13-17(19(28-3)23-18(22-13)16-9-6-11-26-16)20(25)24(2)10-12-27-15-8-5-4-7-14(15)21/h4-9,11H,10,12H2,1-3H3. The second-order valence-corrected chi connectivity index (χ2v) is 6.79. The molecule has 0 aliphatic carbocycles. The Labute approximate surface area is 166 Å². The number of benzene rings is 1. The number of carbonyl (C=O) groups is 1. The first-order chi connectivity index (χ1) is 13.5. The monoisotopic (exact) mass is 401 g/mol. The molecule has 146 valence electrons. The summed E-state index contributed by atoms with van der Waals surface area (Å²) in [6.45, 7) is 2.23. The lowest BCUT2D eigenvalue weighted by atomic mass is 10.2. The summed E-state index contributed by atoms with van der Waals surface area (Å²) in [6.07, 6.45) is 3.40. The van der Waals surface area contributed by atoms with E-state index >= 15 is 0 Å². The number of aryl methyl sites for hydroxylation is 1. The van der Waals surface area contributed by atoms with Crippen molar-refractivity contribution >= 4 is 17.7 Å². The van der Waals surface area contributed by atoms with Gasteiger partial charge in [0.25, 0.3) is 5.91 Å². The quantitative estimate of drug-likeness (QED) is 0.439. The van der Waals surface area contributed by atoms with Gasteiger partial charge in [-0.25, -0.2) is 14.4 Å². The summed E-state index contributed by atoms with van der Waals surface area (Å²) in [5.74, 6) is 0.498.